The van der Waals surface area contributed by atoms with Gasteiger partial charge < -0.3 is 14.5 Å². The van der Waals surface area contributed by atoms with E-state index in [-0.39, 0.29) is 17.9 Å². The number of H-pyrrole nitrogens is 1. The third kappa shape index (κ3) is 5.46. The fourth-order valence-electron chi connectivity index (χ4n) is 2.97. The molecule has 0 atom stereocenters. The summed E-state index contributed by atoms with van der Waals surface area (Å²) in [6, 6.07) is 12.2. The standard InChI is InChI=1S/C23H24FNO3/c1-16(2)28-20-7-3-5-17(13-20)8-11-23(26)27-12-4-6-18-15-25-22-10-9-19(24)14-21(18)22/h3,5,7-11,13-16,25H,4,6,12H2,1-2H3/b11-8+. The Labute approximate surface area is 164 Å². The number of nitrogens with one attached hydrogen (secondary N) is 1. The molecule has 1 N–H and O–H groups in total. The van der Waals surface area contributed by atoms with Crippen molar-refractivity contribution < 1.29 is 18.7 Å². The highest BCUT2D eigenvalue weighted by Crippen LogP contribution is 2.20. The molecule has 28 heavy (non-hydrogen) atoms. The SMILES string of the molecule is CC(C)Oc1cccc(/C=C/C(=O)OCCCc2c[nH]c3ccc(F)cc23)c1. The molecule has 1 heterocycles. The van der Waals surface area contributed by atoms with Crippen LogP contribution in [0.3, 0.4) is 0 Å². The van der Waals surface area contributed by atoms with Gasteiger partial charge in [-0.15, -0.1) is 0 Å². The first-order chi connectivity index (χ1) is 13.5. The first kappa shape index (κ1) is 19.7. The number of carbonyl (C=O) groups excluding carboxylic acids is 1. The molecular formula is C23H24FNO3. The smallest absolute Gasteiger partial charge is 0.330 e. The Morgan fingerprint density at radius 3 is 2.89 bits per heavy atom. The number of esters is 1. The molecule has 0 bridgehead atoms. The molecule has 0 spiro atoms. The minimum Gasteiger partial charge on any atom is -0.491 e. The number of aromatic nitrogens is 1. The van der Waals surface area contributed by atoms with Gasteiger partial charge in [-0.2, -0.15) is 0 Å². The van der Waals surface area contributed by atoms with E-state index in [0.29, 0.717) is 19.4 Å². The topological polar surface area (TPSA) is 51.3 Å². The molecular weight excluding hydrogens is 357 g/mol. The first-order valence-corrected chi connectivity index (χ1v) is 9.38. The first-order valence-electron chi connectivity index (χ1n) is 9.38. The van der Waals surface area contributed by atoms with Crippen molar-refractivity contribution in [3.63, 3.8) is 0 Å². The Kier molecular flexibility index (Phi) is 6.48. The Morgan fingerprint density at radius 2 is 2.07 bits per heavy atom. The van der Waals surface area contributed by atoms with E-state index in [4.69, 9.17) is 9.47 Å². The van der Waals surface area contributed by atoms with Gasteiger partial charge in [0.2, 0.25) is 0 Å². The predicted molar refractivity (Wildman–Crippen MR) is 109 cm³/mol. The van der Waals surface area contributed by atoms with E-state index in [0.717, 1.165) is 27.8 Å². The molecule has 5 heteroatoms. The molecule has 0 aliphatic rings. The van der Waals surface area contributed by atoms with Crippen LogP contribution < -0.4 is 4.74 Å². The van der Waals surface area contributed by atoms with Gasteiger partial charge in [-0.05, 0) is 74.2 Å². The van der Waals surface area contributed by atoms with Crippen molar-refractivity contribution in [1.29, 1.82) is 0 Å². The summed E-state index contributed by atoms with van der Waals surface area (Å²) >= 11 is 0. The van der Waals surface area contributed by atoms with Crippen molar-refractivity contribution in [1.82, 2.24) is 4.98 Å². The largest absolute Gasteiger partial charge is 0.491 e. The molecule has 0 aliphatic heterocycles. The molecule has 0 radical (unpaired) electrons. The zero-order chi connectivity index (χ0) is 19.9. The number of carbonyl (C=O) groups is 1. The van der Waals surface area contributed by atoms with E-state index >= 15 is 0 Å². The van der Waals surface area contributed by atoms with Crippen LogP contribution in [0, 0.1) is 5.82 Å². The molecule has 0 unspecified atom stereocenters. The van der Waals surface area contributed by atoms with Crippen LogP contribution in [0.2, 0.25) is 0 Å². The third-order valence-electron chi connectivity index (χ3n) is 4.21. The van der Waals surface area contributed by atoms with E-state index < -0.39 is 0 Å². The zero-order valence-electron chi connectivity index (χ0n) is 16.1. The minimum absolute atomic E-state index is 0.0952. The van der Waals surface area contributed by atoms with Crippen molar-refractivity contribution >= 4 is 22.9 Å². The normalized spacial score (nSPS) is 11.4. The average Bonchev–Trinajstić information content (AvgIpc) is 3.05. The van der Waals surface area contributed by atoms with Crippen molar-refractivity contribution in [2.45, 2.75) is 32.8 Å². The Balaban J connectivity index is 1.46. The number of halogens is 1. The van der Waals surface area contributed by atoms with Gasteiger partial charge in [-0.25, -0.2) is 9.18 Å². The molecule has 4 nitrogen and oxygen atoms in total. The highest BCUT2D eigenvalue weighted by Gasteiger charge is 2.05. The lowest BCUT2D eigenvalue weighted by atomic mass is 10.1. The fourth-order valence-corrected chi connectivity index (χ4v) is 2.97. The maximum atomic E-state index is 13.4. The monoisotopic (exact) mass is 381 g/mol. The van der Waals surface area contributed by atoms with Crippen LogP contribution in [-0.4, -0.2) is 23.7 Å². The van der Waals surface area contributed by atoms with Crippen molar-refractivity contribution in [2.24, 2.45) is 0 Å². The van der Waals surface area contributed by atoms with Gasteiger partial charge in [-0.1, -0.05) is 12.1 Å². The molecule has 2 aromatic carbocycles. The van der Waals surface area contributed by atoms with Crippen molar-refractivity contribution in [2.75, 3.05) is 6.61 Å². The predicted octanol–water partition coefficient (Wildman–Crippen LogP) is 5.28. The fraction of sp³-hybridized carbons (Fsp3) is 0.261. The maximum Gasteiger partial charge on any atom is 0.330 e. The van der Waals surface area contributed by atoms with Gasteiger partial charge in [0.25, 0.3) is 0 Å². The summed E-state index contributed by atoms with van der Waals surface area (Å²) in [6.07, 6.45) is 6.46. The van der Waals surface area contributed by atoms with Crippen LogP contribution in [0.25, 0.3) is 17.0 Å². The van der Waals surface area contributed by atoms with E-state index in [9.17, 15) is 9.18 Å². The highest BCUT2D eigenvalue weighted by atomic mass is 19.1. The molecule has 146 valence electrons. The van der Waals surface area contributed by atoms with Crippen molar-refractivity contribution in [3.05, 3.63) is 71.7 Å². The minimum atomic E-state index is -0.389. The highest BCUT2D eigenvalue weighted by molar-refractivity contribution is 5.87. The van der Waals surface area contributed by atoms with Gasteiger partial charge in [-0.3, -0.25) is 0 Å². The molecule has 0 saturated heterocycles. The van der Waals surface area contributed by atoms with E-state index in [2.05, 4.69) is 4.98 Å². The second-order valence-corrected chi connectivity index (χ2v) is 6.85. The average molecular weight is 381 g/mol. The van der Waals surface area contributed by atoms with Crippen LogP contribution in [0.4, 0.5) is 4.39 Å². The Bertz CT molecular complexity index is 975. The molecule has 0 fully saturated rings. The molecule has 0 amide bonds. The summed E-state index contributed by atoms with van der Waals surface area (Å²) in [4.78, 5) is 15.0. The Morgan fingerprint density at radius 1 is 1.21 bits per heavy atom. The number of aromatic amines is 1. The van der Waals surface area contributed by atoms with Crippen LogP contribution in [0.1, 0.15) is 31.4 Å². The zero-order valence-corrected chi connectivity index (χ0v) is 16.1. The van der Waals surface area contributed by atoms with Gasteiger partial charge in [0.1, 0.15) is 11.6 Å². The quantitative estimate of drug-likeness (QED) is 0.328. The van der Waals surface area contributed by atoms with Crippen LogP contribution in [-0.2, 0) is 16.0 Å². The summed E-state index contributed by atoms with van der Waals surface area (Å²) in [5.74, 6) is 0.119. The molecule has 3 rings (SSSR count). The summed E-state index contributed by atoms with van der Waals surface area (Å²) in [5.41, 5.74) is 2.79. The number of fused-ring (bicyclic) bond motifs is 1. The number of benzene rings is 2. The van der Waals surface area contributed by atoms with Crippen LogP contribution in [0.15, 0.2) is 54.7 Å². The molecule has 3 aromatic rings. The summed E-state index contributed by atoms with van der Waals surface area (Å²) < 4.78 is 24.3. The lowest BCUT2D eigenvalue weighted by molar-refractivity contribution is -0.137. The number of rotatable bonds is 8. The summed E-state index contributed by atoms with van der Waals surface area (Å²) in [6.45, 7) is 4.24. The van der Waals surface area contributed by atoms with E-state index in [1.807, 2.05) is 44.3 Å². The molecule has 0 saturated carbocycles. The second-order valence-electron chi connectivity index (χ2n) is 6.85. The number of hydrogen-bond acceptors (Lipinski definition) is 3. The van der Waals surface area contributed by atoms with Gasteiger partial charge in [0, 0.05) is 23.2 Å². The van der Waals surface area contributed by atoms with Crippen LogP contribution in [0.5, 0.6) is 5.75 Å². The summed E-state index contributed by atoms with van der Waals surface area (Å²) in [7, 11) is 0. The maximum absolute atomic E-state index is 13.4. The number of ether oxygens (including phenoxy) is 2. The number of hydrogen-bond donors (Lipinski definition) is 1. The summed E-state index contributed by atoms with van der Waals surface area (Å²) in [5, 5.41) is 0.870. The van der Waals surface area contributed by atoms with Gasteiger partial charge in [0.05, 0.1) is 12.7 Å². The lowest BCUT2D eigenvalue weighted by Crippen LogP contribution is -2.05. The van der Waals surface area contributed by atoms with Gasteiger partial charge >= 0.3 is 5.97 Å². The van der Waals surface area contributed by atoms with Crippen LogP contribution >= 0.6 is 0 Å². The second kappa shape index (κ2) is 9.22. The van der Waals surface area contributed by atoms with Gasteiger partial charge in [0.15, 0.2) is 0 Å². The molecule has 0 aliphatic carbocycles. The van der Waals surface area contributed by atoms with Crippen molar-refractivity contribution in [3.8, 4) is 5.75 Å². The van der Waals surface area contributed by atoms with E-state index in [1.54, 1.807) is 12.1 Å². The molecule has 1 aromatic heterocycles. The number of aryl methyl sites for hydroxylation is 1. The third-order valence-corrected chi connectivity index (χ3v) is 4.21. The Hall–Kier alpha value is -3.08. The van der Waals surface area contributed by atoms with E-state index in [1.165, 1.54) is 18.2 Å². The lowest BCUT2D eigenvalue weighted by Gasteiger charge is -2.09.